The molecule has 0 unspecified atom stereocenters. The number of nitrogens with one attached hydrogen (secondary N) is 2. The second-order valence-electron chi connectivity index (χ2n) is 4.36. The molecule has 3 aromatic rings. The van der Waals surface area contributed by atoms with Crippen LogP contribution in [0.15, 0.2) is 55.0 Å². The summed E-state index contributed by atoms with van der Waals surface area (Å²) < 4.78 is 0. The highest BCUT2D eigenvalue weighted by molar-refractivity contribution is 6.34. The summed E-state index contributed by atoms with van der Waals surface area (Å²) in [5.74, 6) is -0.267. The molecule has 0 fully saturated rings. The highest BCUT2D eigenvalue weighted by atomic mass is 35.5. The maximum Gasteiger partial charge on any atom is 0.257 e. The third kappa shape index (κ3) is 2.93. The number of aromatic amines is 1. The molecule has 3 rings (SSSR count). The van der Waals surface area contributed by atoms with E-state index in [9.17, 15) is 4.79 Å². The SMILES string of the molecule is O=C(Nc1ccc(-c2ccn[nH]2)cc1)c1ccncc1Cl. The largest absolute Gasteiger partial charge is 0.322 e. The van der Waals surface area contributed by atoms with E-state index in [1.54, 1.807) is 12.3 Å². The van der Waals surface area contributed by atoms with Crippen LogP contribution in [-0.4, -0.2) is 21.1 Å². The molecule has 21 heavy (non-hydrogen) atoms. The number of H-pyrrole nitrogens is 1. The van der Waals surface area contributed by atoms with Crippen LogP contribution in [0.2, 0.25) is 5.02 Å². The lowest BCUT2D eigenvalue weighted by Gasteiger charge is -2.07. The molecule has 0 saturated heterocycles. The van der Waals surface area contributed by atoms with Gasteiger partial charge in [-0.2, -0.15) is 5.10 Å². The van der Waals surface area contributed by atoms with Crippen LogP contribution >= 0.6 is 11.6 Å². The van der Waals surface area contributed by atoms with Crippen molar-refractivity contribution < 1.29 is 4.79 Å². The number of benzene rings is 1. The standard InChI is InChI=1S/C15H11ClN4O/c16-13-9-17-7-5-12(13)15(21)19-11-3-1-10(2-4-11)14-6-8-18-20-14/h1-9H,(H,18,20)(H,19,21). The molecule has 1 aromatic carbocycles. The Morgan fingerprint density at radius 1 is 1.10 bits per heavy atom. The fourth-order valence-electron chi connectivity index (χ4n) is 1.91. The average Bonchev–Trinajstić information content (AvgIpc) is 3.02. The number of nitrogens with zero attached hydrogens (tertiary/aromatic N) is 2. The predicted octanol–water partition coefficient (Wildman–Crippen LogP) is 3.38. The van der Waals surface area contributed by atoms with Crippen LogP contribution in [0.3, 0.4) is 0 Å². The molecule has 2 N–H and O–H groups in total. The molecule has 0 spiro atoms. The maximum atomic E-state index is 12.1. The summed E-state index contributed by atoms with van der Waals surface area (Å²) in [6, 6.07) is 10.9. The van der Waals surface area contributed by atoms with Crippen LogP contribution in [0.25, 0.3) is 11.3 Å². The smallest absolute Gasteiger partial charge is 0.257 e. The second-order valence-corrected chi connectivity index (χ2v) is 4.76. The molecule has 1 amide bonds. The normalized spacial score (nSPS) is 10.3. The molecule has 104 valence electrons. The summed E-state index contributed by atoms with van der Waals surface area (Å²) >= 11 is 5.94. The molecule has 0 atom stereocenters. The monoisotopic (exact) mass is 298 g/mol. The van der Waals surface area contributed by atoms with Gasteiger partial charge < -0.3 is 5.32 Å². The Bertz CT molecular complexity index is 754. The molecular formula is C15H11ClN4O. The molecule has 6 heteroatoms. The summed E-state index contributed by atoms with van der Waals surface area (Å²) in [5, 5.41) is 9.91. The lowest BCUT2D eigenvalue weighted by atomic mass is 10.1. The van der Waals surface area contributed by atoms with Gasteiger partial charge in [-0.15, -0.1) is 0 Å². The van der Waals surface area contributed by atoms with Gasteiger partial charge in [0, 0.05) is 24.3 Å². The first kappa shape index (κ1) is 13.3. The maximum absolute atomic E-state index is 12.1. The van der Waals surface area contributed by atoms with Crippen molar-refractivity contribution in [1.82, 2.24) is 15.2 Å². The molecule has 2 heterocycles. The van der Waals surface area contributed by atoms with E-state index in [2.05, 4.69) is 20.5 Å². The molecule has 0 radical (unpaired) electrons. The van der Waals surface area contributed by atoms with Crippen molar-refractivity contribution in [3.05, 3.63) is 65.6 Å². The summed E-state index contributed by atoms with van der Waals surface area (Å²) in [6.45, 7) is 0. The molecule has 0 aliphatic heterocycles. The quantitative estimate of drug-likeness (QED) is 0.778. The first-order chi connectivity index (χ1) is 10.2. The Kier molecular flexibility index (Phi) is 3.66. The summed E-state index contributed by atoms with van der Waals surface area (Å²) in [4.78, 5) is 16.0. The first-order valence-electron chi connectivity index (χ1n) is 6.25. The van der Waals surface area contributed by atoms with E-state index in [0.717, 1.165) is 11.3 Å². The molecule has 0 saturated carbocycles. The number of halogens is 1. The van der Waals surface area contributed by atoms with Crippen LogP contribution in [0.5, 0.6) is 0 Å². The molecule has 5 nitrogen and oxygen atoms in total. The van der Waals surface area contributed by atoms with Crippen molar-refractivity contribution in [2.75, 3.05) is 5.32 Å². The average molecular weight is 299 g/mol. The van der Waals surface area contributed by atoms with Crippen LogP contribution in [-0.2, 0) is 0 Å². The zero-order valence-electron chi connectivity index (χ0n) is 10.9. The van der Waals surface area contributed by atoms with Crippen molar-refractivity contribution in [2.45, 2.75) is 0 Å². The van der Waals surface area contributed by atoms with E-state index < -0.39 is 0 Å². The number of hydrogen-bond donors (Lipinski definition) is 2. The number of carbonyl (C=O) groups is 1. The Hall–Kier alpha value is -2.66. The minimum atomic E-state index is -0.267. The number of aromatic nitrogens is 3. The van der Waals surface area contributed by atoms with Crippen LogP contribution in [0.1, 0.15) is 10.4 Å². The lowest BCUT2D eigenvalue weighted by Crippen LogP contribution is -2.12. The minimum absolute atomic E-state index is 0.267. The van der Waals surface area contributed by atoms with Gasteiger partial charge in [0.1, 0.15) is 0 Å². The highest BCUT2D eigenvalue weighted by Gasteiger charge is 2.10. The van der Waals surface area contributed by atoms with E-state index in [1.165, 1.54) is 12.4 Å². The molecule has 2 aromatic heterocycles. The van der Waals surface area contributed by atoms with Gasteiger partial charge in [0.15, 0.2) is 0 Å². The molecule has 0 aliphatic rings. The summed E-state index contributed by atoms with van der Waals surface area (Å²) in [6.07, 6.45) is 4.66. The molecule has 0 aliphatic carbocycles. The van der Waals surface area contributed by atoms with Gasteiger partial charge >= 0.3 is 0 Å². The van der Waals surface area contributed by atoms with Crippen LogP contribution < -0.4 is 5.32 Å². The number of rotatable bonds is 3. The van der Waals surface area contributed by atoms with E-state index in [1.807, 2.05) is 30.3 Å². The third-order valence-electron chi connectivity index (χ3n) is 2.97. The van der Waals surface area contributed by atoms with Crippen molar-refractivity contribution in [3.8, 4) is 11.3 Å². The van der Waals surface area contributed by atoms with Gasteiger partial charge in [0.2, 0.25) is 0 Å². The van der Waals surface area contributed by atoms with E-state index >= 15 is 0 Å². The van der Waals surface area contributed by atoms with Crippen LogP contribution in [0, 0.1) is 0 Å². The minimum Gasteiger partial charge on any atom is -0.322 e. The van der Waals surface area contributed by atoms with Gasteiger partial charge in [0.05, 0.1) is 16.3 Å². The van der Waals surface area contributed by atoms with Gasteiger partial charge in [-0.05, 0) is 29.8 Å². The molecule has 0 bridgehead atoms. The fraction of sp³-hybridized carbons (Fsp3) is 0. The number of carbonyl (C=O) groups excluding carboxylic acids is 1. The number of amides is 1. The van der Waals surface area contributed by atoms with E-state index in [0.29, 0.717) is 16.3 Å². The Balaban J connectivity index is 1.77. The predicted molar refractivity (Wildman–Crippen MR) is 81.2 cm³/mol. The highest BCUT2D eigenvalue weighted by Crippen LogP contribution is 2.20. The summed E-state index contributed by atoms with van der Waals surface area (Å²) in [7, 11) is 0. The second kappa shape index (κ2) is 5.76. The zero-order valence-corrected chi connectivity index (χ0v) is 11.6. The summed E-state index contributed by atoms with van der Waals surface area (Å²) in [5.41, 5.74) is 3.00. The van der Waals surface area contributed by atoms with Crippen molar-refractivity contribution in [2.24, 2.45) is 0 Å². The Labute approximate surface area is 126 Å². The molecular weight excluding hydrogens is 288 g/mol. The van der Waals surface area contributed by atoms with Gasteiger partial charge in [-0.1, -0.05) is 23.7 Å². The third-order valence-corrected chi connectivity index (χ3v) is 3.27. The Morgan fingerprint density at radius 3 is 2.57 bits per heavy atom. The fourth-order valence-corrected chi connectivity index (χ4v) is 2.11. The zero-order chi connectivity index (χ0) is 14.7. The van der Waals surface area contributed by atoms with Crippen LogP contribution in [0.4, 0.5) is 5.69 Å². The van der Waals surface area contributed by atoms with E-state index in [-0.39, 0.29) is 5.91 Å². The van der Waals surface area contributed by atoms with Gasteiger partial charge in [-0.25, -0.2) is 0 Å². The lowest BCUT2D eigenvalue weighted by molar-refractivity contribution is 0.102. The number of anilines is 1. The van der Waals surface area contributed by atoms with Crippen molar-refractivity contribution in [3.63, 3.8) is 0 Å². The van der Waals surface area contributed by atoms with Crippen molar-refractivity contribution >= 4 is 23.2 Å². The first-order valence-corrected chi connectivity index (χ1v) is 6.62. The van der Waals surface area contributed by atoms with E-state index in [4.69, 9.17) is 11.6 Å². The number of pyridine rings is 1. The van der Waals surface area contributed by atoms with Gasteiger partial charge in [0.25, 0.3) is 5.91 Å². The topological polar surface area (TPSA) is 70.7 Å². The van der Waals surface area contributed by atoms with Crippen molar-refractivity contribution in [1.29, 1.82) is 0 Å². The Morgan fingerprint density at radius 2 is 1.90 bits per heavy atom. The number of hydrogen-bond acceptors (Lipinski definition) is 3. The van der Waals surface area contributed by atoms with Gasteiger partial charge in [-0.3, -0.25) is 14.9 Å².